The zero-order valence-electron chi connectivity index (χ0n) is 19.9. The van der Waals surface area contributed by atoms with Gasteiger partial charge in [0, 0.05) is 31.7 Å². The number of hydrogen-bond acceptors (Lipinski definition) is 6. The van der Waals surface area contributed by atoms with Gasteiger partial charge in [-0.15, -0.1) is 0 Å². The van der Waals surface area contributed by atoms with Gasteiger partial charge in [0.1, 0.15) is 11.4 Å². The number of furan rings is 2. The minimum absolute atomic E-state index is 0.0968. The zero-order valence-corrected chi connectivity index (χ0v) is 19.9. The van der Waals surface area contributed by atoms with Crippen LogP contribution in [-0.2, 0) is 4.79 Å². The highest BCUT2D eigenvalue weighted by Gasteiger charge is 2.31. The maximum absolute atomic E-state index is 13.4. The third-order valence-electron chi connectivity index (χ3n) is 6.55. The Kier molecular flexibility index (Phi) is 6.35. The number of carbonyl (C=O) groups excluding carboxylic acids is 2. The third kappa shape index (κ3) is 4.43. The molecule has 8 nitrogen and oxygen atoms in total. The van der Waals surface area contributed by atoms with Gasteiger partial charge in [-0.1, -0.05) is 0 Å². The summed E-state index contributed by atoms with van der Waals surface area (Å²) in [5.41, 5.74) is 2.89. The van der Waals surface area contributed by atoms with E-state index >= 15 is 0 Å². The first kappa shape index (κ1) is 22.8. The maximum atomic E-state index is 13.4. The summed E-state index contributed by atoms with van der Waals surface area (Å²) in [5.74, 6) is 1.03. The molecule has 4 heterocycles. The van der Waals surface area contributed by atoms with E-state index in [0.29, 0.717) is 65.7 Å². The number of rotatable bonds is 6. The van der Waals surface area contributed by atoms with Crippen molar-refractivity contribution in [3.8, 4) is 22.9 Å². The van der Waals surface area contributed by atoms with Gasteiger partial charge in [0.05, 0.1) is 29.5 Å². The van der Waals surface area contributed by atoms with E-state index in [9.17, 15) is 9.59 Å². The van der Waals surface area contributed by atoms with Crippen LogP contribution in [0.4, 0.5) is 0 Å². The van der Waals surface area contributed by atoms with Crippen LogP contribution in [0.3, 0.4) is 0 Å². The van der Waals surface area contributed by atoms with Crippen LogP contribution in [0.5, 0.6) is 0 Å². The van der Waals surface area contributed by atoms with E-state index in [1.54, 1.807) is 47.8 Å². The average Bonchev–Trinajstić information content (AvgIpc) is 3.63. The van der Waals surface area contributed by atoms with Crippen LogP contribution < -0.4 is 0 Å². The lowest BCUT2D eigenvalue weighted by Gasteiger charge is -2.34. The first-order valence-corrected chi connectivity index (χ1v) is 12.1. The minimum Gasteiger partial charge on any atom is -0.463 e. The Balaban J connectivity index is 1.46. The number of hydrogen-bond donors (Lipinski definition) is 0. The molecule has 0 spiro atoms. The van der Waals surface area contributed by atoms with Crippen molar-refractivity contribution in [3.05, 3.63) is 60.6 Å². The predicted octanol–water partition coefficient (Wildman–Crippen LogP) is 4.87. The molecule has 0 saturated carbocycles. The third-order valence-corrected chi connectivity index (χ3v) is 6.55. The van der Waals surface area contributed by atoms with Gasteiger partial charge in [-0.25, -0.2) is 9.97 Å². The molecule has 1 fully saturated rings. The number of benzene rings is 1. The van der Waals surface area contributed by atoms with Crippen molar-refractivity contribution < 1.29 is 18.4 Å². The van der Waals surface area contributed by atoms with E-state index in [1.807, 2.05) is 30.9 Å². The molecule has 0 radical (unpaired) electrons. The lowest BCUT2D eigenvalue weighted by Crippen LogP contribution is -2.46. The molecule has 1 saturated heterocycles. The highest BCUT2D eigenvalue weighted by Crippen LogP contribution is 2.32. The number of amides is 2. The molecule has 180 valence electrons. The van der Waals surface area contributed by atoms with Crippen LogP contribution in [-0.4, -0.2) is 57.8 Å². The fraction of sp³-hybridized carbons (Fsp3) is 0.333. The van der Waals surface area contributed by atoms with Crippen molar-refractivity contribution in [3.63, 3.8) is 0 Å². The molecule has 1 aliphatic rings. The second-order valence-electron chi connectivity index (χ2n) is 8.68. The standard InChI is InChI=1S/C27H28N4O4/c1-3-30(4-2)27(33)19-8-5-13-31(17-19)26(32)18-11-12-20-21(16-18)29-25(23-10-7-15-35-23)24(28-20)22-9-6-14-34-22/h6-7,9-12,14-16,19H,3-5,8,13,17H2,1-2H3/t19-/m1/s1. The molecule has 0 bridgehead atoms. The fourth-order valence-corrected chi connectivity index (χ4v) is 4.70. The first-order chi connectivity index (χ1) is 17.1. The number of carbonyl (C=O) groups is 2. The lowest BCUT2D eigenvalue weighted by atomic mass is 9.95. The van der Waals surface area contributed by atoms with E-state index in [2.05, 4.69) is 0 Å². The zero-order chi connectivity index (χ0) is 24.4. The van der Waals surface area contributed by atoms with Crippen LogP contribution in [0.1, 0.15) is 37.0 Å². The van der Waals surface area contributed by atoms with E-state index in [1.165, 1.54) is 0 Å². The number of likely N-dealkylation sites (tertiary alicyclic amines) is 1. The van der Waals surface area contributed by atoms with E-state index in [0.717, 1.165) is 12.8 Å². The molecule has 2 amide bonds. The highest BCUT2D eigenvalue weighted by molar-refractivity contribution is 5.98. The summed E-state index contributed by atoms with van der Waals surface area (Å²) in [7, 11) is 0. The molecule has 0 aliphatic carbocycles. The van der Waals surface area contributed by atoms with Gasteiger partial charge in [-0.05, 0) is 69.2 Å². The minimum atomic E-state index is -0.158. The molecule has 1 aromatic carbocycles. The molecular weight excluding hydrogens is 444 g/mol. The van der Waals surface area contributed by atoms with Crippen molar-refractivity contribution in [2.75, 3.05) is 26.2 Å². The highest BCUT2D eigenvalue weighted by atomic mass is 16.3. The summed E-state index contributed by atoms with van der Waals surface area (Å²) in [4.78, 5) is 39.5. The lowest BCUT2D eigenvalue weighted by molar-refractivity contribution is -0.136. The summed E-state index contributed by atoms with van der Waals surface area (Å²) >= 11 is 0. The van der Waals surface area contributed by atoms with Crippen LogP contribution in [0.15, 0.2) is 63.8 Å². The second-order valence-corrected chi connectivity index (χ2v) is 8.68. The number of nitrogens with zero attached hydrogens (tertiary/aromatic N) is 4. The Labute approximate surface area is 203 Å². The molecule has 35 heavy (non-hydrogen) atoms. The van der Waals surface area contributed by atoms with Crippen molar-refractivity contribution in [2.45, 2.75) is 26.7 Å². The predicted molar refractivity (Wildman–Crippen MR) is 131 cm³/mol. The van der Waals surface area contributed by atoms with Crippen LogP contribution in [0.2, 0.25) is 0 Å². The van der Waals surface area contributed by atoms with Gasteiger partial charge in [-0.2, -0.15) is 0 Å². The molecule has 0 unspecified atom stereocenters. The molecule has 5 rings (SSSR count). The Bertz CT molecular complexity index is 1330. The van der Waals surface area contributed by atoms with Crippen LogP contribution in [0, 0.1) is 5.92 Å². The summed E-state index contributed by atoms with van der Waals surface area (Å²) < 4.78 is 11.2. The summed E-state index contributed by atoms with van der Waals surface area (Å²) in [6.07, 6.45) is 4.79. The average molecular weight is 473 g/mol. The van der Waals surface area contributed by atoms with Gasteiger partial charge >= 0.3 is 0 Å². The smallest absolute Gasteiger partial charge is 0.253 e. The van der Waals surface area contributed by atoms with Gasteiger partial charge in [0.25, 0.3) is 5.91 Å². The van der Waals surface area contributed by atoms with Crippen molar-refractivity contribution >= 4 is 22.8 Å². The molecule has 0 N–H and O–H groups in total. The molecule has 1 aliphatic heterocycles. The molecule has 3 aromatic heterocycles. The Morgan fingerprint density at radius 3 is 2.23 bits per heavy atom. The molecule has 8 heteroatoms. The molecule has 4 aromatic rings. The topological polar surface area (TPSA) is 92.7 Å². The van der Waals surface area contributed by atoms with Gasteiger partial charge in [0.2, 0.25) is 5.91 Å². The summed E-state index contributed by atoms with van der Waals surface area (Å²) in [5, 5.41) is 0. The second kappa shape index (κ2) is 9.74. The maximum Gasteiger partial charge on any atom is 0.253 e. The monoisotopic (exact) mass is 472 g/mol. The normalized spacial score (nSPS) is 15.9. The fourth-order valence-electron chi connectivity index (χ4n) is 4.70. The Hall–Kier alpha value is -3.94. The van der Waals surface area contributed by atoms with Crippen LogP contribution >= 0.6 is 0 Å². The van der Waals surface area contributed by atoms with Crippen LogP contribution in [0.25, 0.3) is 33.9 Å². The summed E-state index contributed by atoms with van der Waals surface area (Å²) in [6.45, 7) is 6.41. The van der Waals surface area contributed by atoms with Gasteiger partial charge in [0.15, 0.2) is 11.5 Å². The first-order valence-electron chi connectivity index (χ1n) is 12.1. The largest absolute Gasteiger partial charge is 0.463 e. The van der Waals surface area contributed by atoms with Crippen molar-refractivity contribution in [1.29, 1.82) is 0 Å². The number of fused-ring (bicyclic) bond motifs is 1. The quantitative estimate of drug-likeness (QED) is 0.397. The van der Waals surface area contributed by atoms with E-state index in [4.69, 9.17) is 18.8 Å². The van der Waals surface area contributed by atoms with Crippen molar-refractivity contribution in [1.82, 2.24) is 19.8 Å². The van der Waals surface area contributed by atoms with Crippen molar-refractivity contribution in [2.24, 2.45) is 5.92 Å². The van der Waals surface area contributed by atoms with E-state index < -0.39 is 0 Å². The Morgan fingerprint density at radius 1 is 0.971 bits per heavy atom. The van der Waals surface area contributed by atoms with Gasteiger partial charge in [-0.3, -0.25) is 9.59 Å². The summed E-state index contributed by atoms with van der Waals surface area (Å²) in [6, 6.07) is 12.6. The number of piperidine rings is 1. The SMILES string of the molecule is CCN(CC)C(=O)[C@@H]1CCCN(C(=O)c2ccc3nc(-c4ccco4)c(-c4ccco4)nc3c2)C1. The Morgan fingerprint density at radius 2 is 1.63 bits per heavy atom. The van der Waals surface area contributed by atoms with Gasteiger partial charge < -0.3 is 18.6 Å². The van der Waals surface area contributed by atoms with E-state index in [-0.39, 0.29) is 17.7 Å². The number of aromatic nitrogens is 2. The molecule has 1 atom stereocenters. The molecular formula is C27H28N4O4.